The molecule has 0 bridgehead atoms. The first-order valence-electron chi connectivity index (χ1n) is 9.57. The van der Waals surface area contributed by atoms with Crippen molar-refractivity contribution in [2.45, 2.75) is 26.3 Å². The Morgan fingerprint density at radius 3 is 2.44 bits per heavy atom. The summed E-state index contributed by atoms with van der Waals surface area (Å²) < 4.78 is 18.8. The zero-order valence-electron chi connectivity index (χ0n) is 16.0. The Morgan fingerprint density at radius 1 is 1.15 bits per heavy atom. The predicted molar refractivity (Wildman–Crippen MR) is 104 cm³/mol. The zero-order chi connectivity index (χ0) is 19.2. The van der Waals surface area contributed by atoms with Crippen LogP contribution in [0.2, 0.25) is 0 Å². The summed E-state index contributed by atoms with van der Waals surface area (Å²) in [5.41, 5.74) is 1.04. The van der Waals surface area contributed by atoms with Gasteiger partial charge in [-0.15, -0.1) is 0 Å². The number of hydrogen-bond acceptors (Lipinski definition) is 4. The van der Waals surface area contributed by atoms with Crippen LogP contribution >= 0.6 is 0 Å². The van der Waals surface area contributed by atoms with Crippen LogP contribution in [0, 0.1) is 11.7 Å². The number of nitrogens with one attached hydrogen (secondary N) is 1. The van der Waals surface area contributed by atoms with Crippen molar-refractivity contribution in [2.75, 3.05) is 37.6 Å². The molecule has 1 aliphatic heterocycles. The van der Waals surface area contributed by atoms with Gasteiger partial charge >= 0.3 is 0 Å². The van der Waals surface area contributed by atoms with E-state index in [1.165, 1.54) is 12.1 Å². The first-order chi connectivity index (χ1) is 13.0. The lowest BCUT2D eigenvalue weighted by Gasteiger charge is -2.39. The van der Waals surface area contributed by atoms with Crippen LogP contribution in [0.3, 0.4) is 0 Å². The van der Waals surface area contributed by atoms with Crippen LogP contribution in [-0.2, 0) is 4.79 Å². The molecule has 3 rings (SSSR count). The lowest BCUT2D eigenvalue weighted by molar-refractivity contribution is -0.122. The highest BCUT2D eigenvalue weighted by atomic mass is 19.1. The number of anilines is 1. The van der Waals surface area contributed by atoms with Crippen molar-refractivity contribution in [3.63, 3.8) is 0 Å². The van der Waals surface area contributed by atoms with E-state index in [2.05, 4.69) is 15.1 Å². The van der Waals surface area contributed by atoms with Gasteiger partial charge in [0.2, 0.25) is 5.91 Å². The standard InChI is InChI=1S/C21H28FN3O2/c1-16(2)14-21(26)23-15-19(20-4-3-13-27-20)25-11-9-24(10-12-25)18-7-5-17(22)6-8-18/h3-8,13,16,19H,9-12,14-15H2,1-2H3,(H,23,26). The summed E-state index contributed by atoms with van der Waals surface area (Å²) in [5.74, 6) is 1.07. The van der Waals surface area contributed by atoms with Crippen molar-refractivity contribution in [1.82, 2.24) is 10.2 Å². The summed E-state index contributed by atoms with van der Waals surface area (Å²) in [6.07, 6.45) is 2.20. The van der Waals surface area contributed by atoms with Crippen molar-refractivity contribution in [3.8, 4) is 0 Å². The van der Waals surface area contributed by atoms with E-state index < -0.39 is 0 Å². The lowest BCUT2D eigenvalue weighted by atomic mass is 10.1. The smallest absolute Gasteiger partial charge is 0.220 e. The van der Waals surface area contributed by atoms with Crippen LogP contribution in [0.5, 0.6) is 0 Å². The van der Waals surface area contributed by atoms with Crippen molar-refractivity contribution >= 4 is 11.6 Å². The minimum absolute atomic E-state index is 0.0199. The van der Waals surface area contributed by atoms with E-state index >= 15 is 0 Å². The molecule has 1 amide bonds. The minimum Gasteiger partial charge on any atom is -0.468 e. The van der Waals surface area contributed by atoms with Crippen molar-refractivity contribution in [1.29, 1.82) is 0 Å². The van der Waals surface area contributed by atoms with E-state index in [9.17, 15) is 9.18 Å². The third-order valence-electron chi connectivity index (χ3n) is 4.90. The van der Waals surface area contributed by atoms with E-state index in [4.69, 9.17) is 4.42 Å². The molecule has 1 saturated heterocycles. The average molecular weight is 373 g/mol. The van der Waals surface area contributed by atoms with Crippen LogP contribution in [0.15, 0.2) is 47.1 Å². The van der Waals surface area contributed by atoms with E-state index in [1.54, 1.807) is 6.26 Å². The summed E-state index contributed by atoms with van der Waals surface area (Å²) in [7, 11) is 0. The molecule has 27 heavy (non-hydrogen) atoms. The predicted octanol–water partition coefficient (Wildman–Crippen LogP) is 3.44. The fourth-order valence-electron chi connectivity index (χ4n) is 3.49. The van der Waals surface area contributed by atoms with Crippen molar-refractivity contribution in [3.05, 3.63) is 54.2 Å². The highest BCUT2D eigenvalue weighted by molar-refractivity contribution is 5.76. The Balaban J connectivity index is 1.60. The van der Waals surface area contributed by atoms with Crippen LogP contribution < -0.4 is 10.2 Å². The molecule has 1 unspecified atom stereocenters. The number of piperazine rings is 1. The fourth-order valence-corrected chi connectivity index (χ4v) is 3.49. The van der Waals surface area contributed by atoms with Gasteiger partial charge < -0.3 is 14.6 Å². The number of furan rings is 1. The largest absolute Gasteiger partial charge is 0.468 e. The SMILES string of the molecule is CC(C)CC(=O)NCC(c1ccco1)N1CCN(c2ccc(F)cc2)CC1. The number of carbonyl (C=O) groups excluding carboxylic acids is 1. The lowest BCUT2D eigenvalue weighted by Crippen LogP contribution is -2.49. The molecule has 1 fully saturated rings. The molecule has 1 aromatic carbocycles. The molecule has 2 heterocycles. The zero-order valence-corrected chi connectivity index (χ0v) is 16.0. The Bertz CT molecular complexity index is 708. The van der Waals surface area contributed by atoms with Crippen LogP contribution in [-0.4, -0.2) is 43.5 Å². The number of benzene rings is 1. The van der Waals surface area contributed by atoms with Crippen LogP contribution in [0.4, 0.5) is 10.1 Å². The first kappa shape index (κ1) is 19.4. The number of amides is 1. The van der Waals surface area contributed by atoms with Crippen molar-refractivity contribution < 1.29 is 13.6 Å². The second kappa shape index (κ2) is 9.04. The summed E-state index contributed by atoms with van der Waals surface area (Å²) in [6.45, 7) is 8.02. The van der Waals surface area contributed by atoms with Crippen LogP contribution in [0.1, 0.15) is 32.1 Å². The van der Waals surface area contributed by atoms with Gasteiger partial charge in [-0.1, -0.05) is 13.8 Å². The van der Waals surface area contributed by atoms with E-state index in [0.29, 0.717) is 18.9 Å². The molecule has 1 aromatic heterocycles. The van der Waals surface area contributed by atoms with Gasteiger partial charge in [-0.2, -0.15) is 0 Å². The monoisotopic (exact) mass is 373 g/mol. The second-order valence-electron chi connectivity index (χ2n) is 7.43. The number of rotatable bonds is 7. The maximum Gasteiger partial charge on any atom is 0.220 e. The highest BCUT2D eigenvalue weighted by Gasteiger charge is 2.27. The molecule has 0 aliphatic carbocycles. The topological polar surface area (TPSA) is 48.7 Å². The highest BCUT2D eigenvalue weighted by Crippen LogP contribution is 2.24. The molecule has 1 atom stereocenters. The maximum atomic E-state index is 13.1. The number of halogens is 1. The van der Waals surface area contributed by atoms with Crippen LogP contribution in [0.25, 0.3) is 0 Å². The molecule has 5 nitrogen and oxygen atoms in total. The van der Waals surface area contributed by atoms with E-state index in [1.807, 2.05) is 38.1 Å². The second-order valence-corrected chi connectivity index (χ2v) is 7.43. The Kier molecular flexibility index (Phi) is 6.50. The Hall–Kier alpha value is -2.34. The van der Waals surface area contributed by atoms with Gasteiger partial charge in [0, 0.05) is 44.8 Å². The number of carbonyl (C=O) groups is 1. The Morgan fingerprint density at radius 2 is 1.85 bits per heavy atom. The quantitative estimate of drug-likeness (QED) is 0.808. The Labute approximate surface area is 160 Å². The molecule has 0 saturated carbocycles. The minimum atomic E-state index is -0.215. The third kappa shape index (κ3) is 5.32. The molecule has 0 radical (unpaired) electrons. The third-order valence-corrected chi connectivity index (χ3v) is 4.90. The van der Waals surface area contributed by atoms with Gasteiger partial charge in [0.15, 0.2) is 0 Å². The van der Waals surface area contributed by atoms with Gasteiger partial charge in [0.05, 0.1) is 12.3 Å². The average Bonchev–Trinajstić information content (AvgIpc) is 3.17. The molecule has 1 aliphatic rings. The van der Waals surface area contributed by atoms with Gasteiger partial charge in [0.1, 0.15) is 11.6 Å². The van der Waals surface area contributed by atoms with Gasteiger partial charge in [-0.3, -0.25) is 9.69 Å². The summed E-state index contributed by atoms with van der Waals surface area (Å²) in [5, 5.41) is 3.05. The molecule has 2 aromatic rings. The maximum absolute atomic E-state index is 13.1. The molecular weight excluding hydrogens is 345 g/mol. The molecule has 6 heteroatoms. The first-order valence-corrected chi connectivity index (χ1v) is 9.57. The fraction of sp³-hybridized carbons (Fsp3) is 0.476. The molecular formula is C21H28FN3O2. The summed E-state index contributed by atoms with van der Waals surface area (Å²) >= 11 is 0. The van der Waals surface area contributed by atoms with Gasteiger partial charge in [0.25, 0.3) is 0 Å². The van der Waals surface area contributed by atoms with E-state index in [0.717, 1.165) is 37.6 Å². The molecule has 0 spiro atoms. The van der Waals surface area contributed by atoms with E-state index in [-0.39, 0.29) is 17.8 Å². The van der Waals surface area contributed by atoms with Crippen molar-refractivity contribution in [2.24, 2.45) is 5.92 Å². The van der Waals surface area contributed by atoms with Gasteiger partial charge in [-0.05, 0) is 42.3 Å². The van der Waals surface area contributed by atoms with Gasteiger partial charge in [-0.25, -0.2) is 4.39 Å². The normalized spacial score (nSPS) is 16.5. The molecule has 1 N–H and O–H groups in total. The number of nitrogens with zero attached hydrogens (tertiary/aromatic N) is 2. The summed E-state index contributed by atoms with van der Waals surface area (Å²) in [6, 6.07) is 10.5. The molecule has 146 valence electrons. The summed E-state index contributed by atoms with van der Waals surface area (Å²) in [4.78, 5) is 16.7. The number of hydrogen-bond donors (Lipinski definition) is 1.